The van der Waals surface area contributed by atoms with Crippen molar-refractivity contribution >= 4 is 11.8 Å². The fourth-order valence-electron chi connectivity index (χ4n) is 3.22. The number of carbonyl (C=O) groups excluding carboxylic acids is 2. The fourth-order valence-corrected chi connectivity index (χ4v) is 3.22. The maximum Gasteiger partial charge on any atom is 0.278 e. The van der Waals surface area contributed by atoms with E-state index in [0.717, 1.165) is 25.9 Å². The lowest BCUT2D eigenvalue weighted by molar-refractivity contribution is -0.125. The molecule has 1 atom stereocenters. The summed E-state index contributed by atoms with van der Waals surface area (Å²) in [7, 11) is 0. The lowest BCUT2D eigenvalue weighted by atomic mass is 9.97. The van der Waals surface area contributed by atoms with Gasteiger partial charge in [0.05, 0.1) is 0 Å². The third-order valence-corrected chi connectivity index (χ3v) is 4.76. The largest absolute Gasteiger partial charge is 0.381 e. The monoisotopic (exact) mass is 348 g/mol. The van der Waals surface area contributed by atoms with E-state index in [9.17, 15) is 14.4 Å². The van der Waals surface area contributed by atoms with Gasteiger partial charge < -0.3 is 15.0 Å². The van der Waals surface area contributed by atoms with E-state index in [1.165, 1.54) is 6.07 Å². The Hall–Kier alpha value is -2.22. The summed E-state index contributed by atoms with van der Waals surface area (Å²) < 4.78 is 5.37. The number of hydrogen-bond donors (Lipinski definition) is 2. The van der Waals surface area contributed by atoms with Crippen LogP contribution in [0.15, 0.2) is 10.9 Å². The summed E-state index contributed by atoms with van der Waals surface area (Å²) in [4.78, 5) is 37.9. The van der Waals surface area contributed by atoms with Gasteiger partial charge in [-0.3, -0.25) is 19.5 Å². The summed E-state index contributed by atoms with van der Waals surface area (Å²) in [5.74, 6) is -0.0354. The highest BCUT2D eigenvalue weighted by Gasteiger charge is 2.33. The molecule has 3 rings (SSSR count). The van der Waals surface area contributed by atoms with Gasteiger partial charge in [0.1, 0.15) is 0 Å². The van der Waals surface area contributed by atoms with Gasteiger partial charge in [0.2, 0.25) is 11.3 Å². The Morgan fingerprint density at radius 1 is 1.36 bits per heavy atom. The molecule has 136 valence electrons. The highest BCUT2D eigenvalue weighted by Crippen LogP contribution is 2.18. The summed E-state index contributed by atoms with van der Waals surface area (Å²) in [5, 5.41) is 9.48. The Bertz CT molecular complexity index is 688. The molecule has 2 aliphatic heterocycles. The molecule has 8 nitrogen and oxygen atoms in total. The number of rotatable bonds is 4. The van der Waals surface area contributed by atoms with Gasteiger partial charge in [-0.25, -0.2) is 0 Å². The van der Waals surface area contributed by atoms with Crippen LogP contribution in [0.2, 0.25) is 0 Å². The second-order valence-electron chi connectivity index (χ2n) is 6.83. The van der Waals surface area contributed by atoms with E-state index < -0.39 is 0 Å². The Balaban J connectivity index is 1.44. The number of nitrogens with one attached hydrogen (secondary N) is 2. The molecule has 0 spiro atoms. The maximum absolute atomic E-state index is 12.3. The summed E-state index contributed by atoms with van der Waals surface area (Å²) in [6.07, 6.45) is 2.55. The second kappa shape index (κ2) is 7.77. The van der Waals surface area contributed by atoms with E-state index >= 15 is 0 Å². The summed E-state index contributed by atoms with van der Waals surface area (Å²) in [6, 6.07) is 1.37. The van der Waals surface area contributed by atoms with Crippen LogP contribution in [0.5, 0.6) is 0 Å². The van der Waals surface area contributed by atoms with Crippen LogP contribution in [0.4, 0.5) is 0 Å². The summed E-state index contributed by atoms with van der Waals surface area (Å²) >= 11 is 0. The van der Waals surface area contributed by atoms with E-state index in [1.807, 2.05) is 0 Å². The minimum Gasteiger partial charge on any atom is -0.381 e. The predicted octanol–water partition coefficient (Wildman–Crippen LogP) is 0.0832. The average molecular weight is 348 g/mol. The zero-order chi connectivity index (χ0) is 17.8. The molecule has 2 N–H and O–H groups in total. The Morgan fingerprint density at radius 3 is 2.92 bits per heavy atom. The quantitative estimate of drug-likeness (QED) is 0.802. The van der Waals surface area contributed by atoms with Crippen LogP contribution in [-0.2, 0) is 9.53 Å². The Morgan fingerprint density at radius 2 is 2.16 bits per heavy atom. The van der Waals surface area contributed by atoms with Gasteiger partial charge in [0.15, 0.2) is 5.69 Å². The van der Waals surface area contributed by atoms with Gasteiger partial charge >= 0.3 is 0 Å². The molecule has 0 saturated carbocycles. The first-order chi connectivity index (χ1) is 12.0. The number of aromatic amines is 1. The maximum atomic E-state index is 12.3. The molecule has 3 heterocycles. The molecule has 0 aromatic carbocycles. The zero-order valence-electron chi connectivity index (χ0n) is 14.4. The average Bonchev–Trinajstić information content (AvgIpc) is 2.82. The highest BCUT2D eigenvalue weighted by atomic mass is 16.5. The van der Waals surface area contributed by atoms with Gasteiger partial charge in [0.25, 0.3) is 5.91 Å². The number of carbonyl (C=O) groups is 2. The van der Waals surface area contributed by atoms with E-state index in [-0.39, 0.29) is 34.8 Å². The lowest BCUT2D eigenvalue weighted by Crippen LogP contribution is -2.55. The molecule has 0 bridgehead atoms. The van der Waals surface area contributed by atoms with Crippen LogP contribution in [0.25, 0.3) is 0 Å². The Labute approximate surface area is 145 Å². The molecule has 1 aromatic rings. The van der Waals surface area contributed by atoms with E-state index in [0.29, 0.717) is 31.9 Å². The van der Waals surface area contributed by atoms with Crippen molar-refractivity contribution in [1.82, 2.24) is 20.4 Å². The number of aromatic nitrogens is 2. The van der Waals surface area contributed by atoms with Crippen LogP contribution >= 0.6 is 0 Å². The van der Waals surface area contributed by atoms with Gasteiger partial charge in [-0.15, -0.1) is 0 Å². The molecular formula is C17H24N4O4. The molecule has 0 aliphatic carbocycles. The fraction of sp³-hybridized carbons (Fsp3) is 0.647. The number of hydrogen-bond acceptors (Lipinski definition) is 5. The molecule has 1 unspecified atom stereocenters. The number of likely N-dealkylation sites (tertiary alicyclic amines) is 1. The molecule has 2 fully saturated rings. The molecule has 2 amide bonds. The van der Waals surface area contributed by atoms with Crippen LogP contribution in [0.3, 0.4) is 0 Å². The van der Waals surface area contributed by atoms with Crippen molar-refractivity contribution in [3.05, 3.63) is 27.7 Å². The van der Waals surface area contributed by atoms with Crippen molar-refractivity contribution in [2.24, 2.45) is 11.8 Å². The van der Waals surface area contributed by atoms with Crippen molar-refractivity contribution in [2.75, 3.05) is 32.8 Å². The predicted molar refractivity (Wildman–Crippen MR) is 90.2 cm³/mol. The highest BCUT2D eigenvalue weighted by molar-refractivity contribution is 5.92. The number of ether oxygens (including phenoxy) is 1. The van der Waals surface area contributed by atoms with Crippen LogP contribution < -0.4 is 10.7 Å². The first kappa shape index (κ1) is 17.6. The van der Waals surface area contributed by atoms with Crippen LogP contribution in [0, 0.1) is 18.8 Å². The standard InChI is InChI=1S/C17H24N4O4/c1-11-7-14(22)15(20-19-11)17(24)21-9-12(10-21)8-18-16(23)13-3-2-5-25-6-4-13/h7,12-13H,2-6,8-10H2,1H3,(H,18,23)(H,19,22). The molecule has 2 aliphatic rings. The lowest BCUT2D eigenvalue weighted by Gasteiger charge is -2.39. The molecule has 1 aromatic heterocycles. The minimum absolute atomic E-state index is 0.0237. The molecule has 0 radical (unpaired) electrons. The van der Waals surface area contributed by atoms with Crippen molar-refractivity contribution in [3.8, 4) is 0 Å². The first-order valence-electron chi connectivity index (χ1n) is 8.75. The number of H-pyrrole nitrogens is 1. The topological polar surface area (TPSA) is 104 Å². The zero-order valence-corrected chi connectivity index (χ0v) is 14.4. The van der Waals surface area contributed by atoms with Crippen LogP contribution in [0.1, 0.15) is 35.4 Å². The molecule has 2 saturated heterocycles. The number of aryl methyl sites for hydroxylation is 1. The molecule has 8 heteroatoms. The summed E-state index contributed by atoms with van der Waals surface area (Å²) in [5.41, 5.74) is 0.176. The summed E-state index contributed by atoms with van der Waals surface area (Å²) in [6.45, 7) is 4.70. The Kier molecular flexibility index (Phi) is 5.47. The first-order valence-corrected chi connectivity index (χ1v) is 8.75. The van der Waals surface area contributed by atoms with Crippen molar-refractivity contribution in [1.29, 1.82) is 0 Å². The smallest absolute Gasteiger partial charge is 0.278 e. The van der Waals surface area contributed by atoms with E-state index in [2.05, 4.69) is 15.5 Å². The van der Waals surface area contributed by atoms with Gasteiger partial charge in [-0.05, 0) is 26.2 Å². The number of amides is 2. The van der Waals surface area contributed by atoms with E-state index in [1.54, 1.807) is 11.8 Å². The minimum atomic E-state index is -0.367. The van der Waals surface area contributed by atoms with Gasteiger partial charge in [-0.1, -0.05) is 0 Å². The van der Waals surface area contributed by atoms with Crippen LogP contribution in [-0.4, -0.2) is 59.8 Å². The van der Waals surface area contributed by atoms with Crippen molar-refractivity contribution in [3.63, 3.8) is 0 Å². The van der Waals surface area contributed by atoms with Crippen molar-refractivity contribution < 1.29 is 14.3 Å². The van der Waals surface area contributed by atoms with Gasteiger partial charge in [-0.2, -0.15) is 5.10 Å². The SMILES string of the molecule is Cc1cc(=O)c(C(=O)N2CC(CNC(=O)C3CCCOCC3)C2)n[nH]1. The van der Waals surface area contributed by atoms with Gasteiger partial charge in [0, 0.05) is 56.4 Å². The molecule has 25 heavy (non-hydrogen) atoms. The van der Waals surface area contributed by atoms with Crippen molar-refractivity contribution in [2.45, 2.75) is 26.2 Å². The second-order valence-corrected chi connectivity index (χ2v) is 6.83. The third kappa shape index (κ3) is 4.25. The normalized spacial score (nSPS) is 21.3. The third-order valence-electron chi connectivity index (χ3n) is 4.76. The molecular weight excluding hydrogens is 324 g/mol. The number of nitrogens with zero attached hydrogens (tertiary/aromatic N) is 2. The van der Waals surface area contributed by atoms with E-state index in [4.69, 9.17) is 4.74 Å².